The topological polar surface area (TPSA) is 93.7 Å². The fourth-order valence-electron chi connectivity index (χ4n) is 2.04. The van der Waals surface area contributed by atoms with Crippen LogP contribution in [0.25, 0.3) is 0 Å². The molecule has 0 unspecified atom stereocenters. The van der Waals surface area contributed by atoms with E-state index in [1.54, 1.807) is 0 Å². The summed E-state index contributed by atoms with van der Waals surface area (Å²) in [6, 6.07) is 10.3. The van der Waals surface area contributed by atoms with Crippen LogP contribution in [0.15, 0.2) is 48.5 Å². The summed E-state index contributed by atoms with van der Waals surface area (Å²) < 4.78 is 46.6. The van der Waals surface area contributed by atoms with Gasteiger partial charge in [0.2, 0.25) is 0 Å². The molecule has 0 saturated carbocycles. The zero-order valence-corrected chi connectivity index (χ0v) is 14.3. The molecular formula is C18H15F3N2O5. The van der Waals surface area contributed by atoms with Crippen LogP contribution in [-0.2, 0) is 14.3 Å². The number of alkyl halides is 2. The first kappa shape index (κ1) is 20.7. The molecule has 0 bridgehead atoms. The Labute approximate surface area is 157 Å². The summed E-state index contributed by atoms with van der Waals surface area (Å²) in [7, 11) is 0. The van der Waals surface area contributed by atoms with Gasteiger partial charge in [0.25, 0.3) is 11.8 Å². The zero-order valence-electron chi connectivity index (χ0n) is 14.3. The Balaban J connectivity index is 1.78. The number of rotatable bonds is 8. The fraction of sp³-hybridized carbons (Fsp3) is 0.167. The molecular weight excluding hydrogens is 381 g/mol. The highest BCUT2D eigenvalue weighted by atomic mass is 19.3. The van der Waals surface area contributed by atoms with E-state index in [0.717, 1.165) is 12.1 Å². The maximum Gasteiger partial charge on any atom is 0.387 e. The lowest BCUT2D eigenvalue weighted by molar-refractivity contribution is -0.146. The van der Waals surface area contributed by atoms with Crippen molar-refractivity contribution in [2.24, 2.45) is 0 Å². The van der Waals surface area contributed by atoms with E-state index in [1.807, 2.05) is 0 Å². The van der Waals surface area contributed by atoms with Gasteiger partial charge in [-0.2, -0.15) is 8.78 Å². The first-order chi connectivity index (χ1) is 13.3. The van der Waals surface area contributed by atoms with Crippen LogP contribution < -0.4 is 15.4 Å². The van der Waals surface area contributed by atoms with Gasteiger partial charge in [-0.1, -0.05) is 18.2 Å². The summed E-state index contributed by atoms with van der Waals surface area (Å²) in [5.41, 5.74) is -0.00978. The molecule has 0 saturated heterocycles. The van der Waals surface area contributed by atoms with Crippen molar-refractivity contribution in [2.75, 3.05) is 18.5 Å². The number of ether oxygens (including phenoxy) is 2. The van der Waals surface area contributed by atoms with E-state index in [1.165, 1.54) is 36.4 Å². The number of carbonyl (C=O) groups excluding carboxylic acids is 3. The Kier molecular flexibility index (Phi) is 7.37. The van der Waals surface area contributed by atoms with Crippen molar-refractivity contribution >= 4 is 23.5 Å². The van der Waals surface area contributed by atoms with Crippen molar-refractivity contribution in [3.05, 3.63) is 59.9 Å². The number of para-hydroxylation sites is 2. The predicted molar refractivity (Wildman–Crippen MR) is 91.4 cm³/mol. The molecule has 0 fully saturated rings. The highest BCUT2D eigenvalue weighted by Gasteiger charge is 2.14. The average Bonchev–Trinajstić information content (AvgIpc) is 2.65. The van der Waals surface area contributed by atoms with Crippen molar-refractivity contribution in [1.82, 2.24) is 5.32 Å². The Hall–Kier alpha value is -3.56. The van der Waals surface area contributed by atoms with Gasteiger partial charge in [-0.25, -0.2) is 4.39 Å². The van der Waals surface area contributed by atoms with Crippen LogP contribution >= 0.6 is 0 Å². The van der Waals surface area contributed by atoms with Gasteiger partial charge >= 0.3 is 12.6 Å². The SMILES string of the molecule is O=C(COC(=O)CNC(=O)c1cccc(F)c1)Nc1ccccc1OC(F)F. The van der Waals surface area contributed by atoms with E-state index in [2.05, 4.69) is 20.1 Å². The number of hydrogen-bond acceptors (Lipinski definition) is 5. The van der Waals surface area contributed by atoms with Crippen LogP contribution in [0.3, 0.4) is 0 Å². The quantitative estimate of drug-likeness (QED) is 0.668. The lowest BCUT2D eigenvalue weighted by atomic mass is 10.2. The van der Waals surface area contributed by atoms with Crippen molar-refractivity contribution < 1.29 is 37.0 Å². The Morgan fingerprint density at radius 1 is 1.04 bits per heavy atom. The molecule has 0 radical (unpaired) electrons. The van der Waals surface area contributed by atoms with Gasteiger partial charge in [0.15, 0.2) is 6.61 Å². The van der Waals surface area contributed by atoms with Crippen molar-refractivity contribution in [3.63, 3.8) is 0 Å². The monoisotopic (exact) mass is 396 g/mol. The molecule has 2 aromatic carbocycles. The van der Waals surface area contributed by atoms with E-state index in [4.69, 9.17) is 0 Å². The minimum absolute atomic E-state index is 0.0150. The number of carbonyl (C=O) groups is 3. The van der Waals surface area contributed by atoms with E-state index < -0.39 is 43.4 Å². The van der Waals surface area contributed by atoms with E-state index >= 15 is 0 Å². The molecule has 2 amide bonds. The average molecular weight is 396 g/mol. The molecule has 2 rings (SSSR count). The molecule has 0 heterocycles. The molecule has 7 nitrogen and oxygen atoms in total. The minimum Gasteiger partial charge on any atom is -0.454 e. The Morgan fingerprint density at radius 3 is 2.50 bits per heavy atom. The molecule has 0 atom stereocenters. The van der Waals surface area contributed by atoms with Gasteiger partial charge in [0.05, 0.1) is 5.69 Å². The number of anilines is 1. The van der Waals surface area contributed by atoms with E-state index in [-0.39, 0.29) is 17.0 Å². The summed E-state index contributed by atoms with van der Waals surface area (Å²) in [5, 5.41) is 4.48. The molecule has 0 spiro atoms. The Bertz CT molecular complexity index is 861. The van der Waals surface area contributed by atoms with Crippen LogP contribution in [-0.4, -0.2) is 37.5 Å². The maximum atomic E-state index is 13.0. The molecule has 0 aromatic heterocycles. The summed E-state index contributed by atoms with van der Waals surface area (Å²) in [6.07, 6.45) is 0. The second kappa shape index (κ2) is 9.95. The van der Waals surface area contributed by atoms with Crippen LogP contribution in [0.1, 0.15) is 10.4 Å². The largest absolute Gasteiger partial charge is 0.454 e. The third kappa shape index (κ3) is 6.63. The third-order valence-corrected chi connectivity index (χ3v) is 3.22. The number of hydrogen-bond donors (Lipinski definition) is 2. The van der Waals surface area contributed by atoms with Gasteiger partial charge < -0.3 is 20.1 Å². The van der Waals surface area contributed by atoms with E-state index in [0.29, 0.717) is 0 Å². The van der Waals surface area contributed by atoms with Crippen LogP contribution in [0, 0.1) is 5.82 Å². The number of halogens is 3. The summed E-state index contributed by atoms with van der Waals surface area (Å²) in [6.45, 7) is -4.33. The van der Waals surface area contributed by atoms with Crippen molar-refractivity contribution in [3.8, 4) is 5.75 Å². The molecule has 28 heavy (non-hydrogen) atoms. The molecule has 10 heteroatoms. The Morgan fingerprint density at radius 2 is 1.79 bits per heavy atom. The maximum absolute atomic E-state index is 13.0. The number of benzene rings is 2. The van der Waals surface area contributed by atoms with Gasteiger partial charge in [-0.05, 0) is 30.3 Å². The predicted octanol–water partition coefficient (Wildman–Crippen LogP) is 2.34. The van der Waals surface area contributed by atoms with Crippen molar-refractivity contribution in [1.29, 1.82) is 0 Å². The molecule has 0 aliphatic rings. The molecule has 2 N–H and O–H groups in total. The second-order valence-electron chi connectivity index (χ2n) is 5.28. The van der Waals surface area contributed by atoms with Gasteiger partial charge in [0, 0.05) is 5.56 Å². The molecule has 2 aromatic rings. The van der Waals surface area contributed by atoms with Gasteiger partial charge in [-0.3, -0.25) is 14.4 Å². The number of esters is 1. The summed E-state index contributed by atoms with van der Waals surface area (Å²) in [4.78, 5) is 35.2. The van der Waals surface area contributed by atoms with Crippen LogP contribution in [0.5, 0.6) is 5.75 Å². The molecule has 0 aliphatic heterocycles. The standard InChI is InChI=1S/C18H15F3N2O5/c19-12-5-3-4-11(8-12)17(26)22-9-16(25)27-10-15(24)23-13-6-1-2-7-14(13)28-18(20)21/h1-8,18H,9-10H2,(H,22,26)(H,23,24). The zero-order chi connectivity index (χ0) is 20.5. The highest BCUT2D eigenvalue weighted by Crippen LogP contribution is 2.25. The summed E-state index contributed by atoms with van der Waals surface area (Å²) in [5.74, 6) is -3.27. The fourth-order valence-corrected chi connectivity index (χ4v) is 2.04. The first-order valence-corrected chi connectivity index (χ1v) is 7.88. The minimum atomic E-state index is -3.07. The lowest BCUT2D eigenvalue weighted by Crippen LogP contribution is -2.32. The summed E-state index contributed by atoms with van der Waals surface area (Å²) >= 11 is 0. The van der Waals surface area contributed by atoms with Crippen LogP contribution in [0.2, 0.25) is 0 Å². The van der Waals surface area contributed by atoms with Gasteiger partial charge in [0.1, 0.15) is 18.1 Å². The number of nitrogens with one attached hydrogen (secondary N) is 2. The van der Waals surface area contributed by atoms with Crippen molar-refractivity contribution in [2.45, 2.75) is 6.61 Å². The smallest absolute Gasteiger partial charge is 0.387 e. The van der Waals surface area contributed by atoms with E-state index in [9.17, 15) is 27.6 Å². The number of amides is 2. The van der Waals surface area contributed by atoms with Gasteiger partial charge in [-0.15, -0.1) is 0 Å². The lowest BCUT2D eigenvalue weighted by Gasteiger charge is -2.12. The second-order valence-corrected chi connectivity index (χ2v) is 5.28. The normalized spacial score (nSPS) is 10.3. The highest BCUT2D eigenvalue weighted by molar-refractivity contribution is 5.96. The van der Waals surface area contributed by atoms with Crippen LogP contribution in [0.4, 0.5) is 18.9 Å². The third-order valence-electron chi connectivity index (χ3n) is 3.22. The first-order valence-electron chi connectivity index (χ1n) is 7.88. The molecule has 0 aliphatic carbocycles. The molecule has 148 valence electrons.